The summed E-state index contributed by atoms with van der Waals surface area (Å²) in [6, 6.07) is 0.276. The number of anilines is 1. The van der Waals surface area contributed by atoms with E-state index in [-0.39, 0.29) is 6.04 Å². The van der Waals surface area contributed by atoms with Gasteiger partial charge in [0.05, 0.1) is 16.2 Å². The van der Waals surface area contributed by atoms with Crippen molar-refractivity contribution in [3.8, 4) is 0 Å². The van der Waals surface area contributed by atoms with E-state index >= 15 is 0 Å². The van der Waals surface area contributed by atoms with Crippen molar-refractivity contribution in [2.75, 3.05) is 19.0 Å². The third-order valence-corrected chi connectivity index (χ3v) is 2.93. The molecule has 1 unspecified atom stereocenters. The van der Waals surface area contributed by atoms with Crippen LogP contribution in [0.3, 0.4) is 0 Å². The molecule has 1 atom stereocenters. The molecule has 1 rings (SSSR count). The van der Waals surface area contributed by atoms with Crippen molar-refractivity contribution in [2.45, 2.75) is 19.9 Å². The quantitative estimate of drug-likeness (QED) is 0.845. The van der Waals surface area contributed by atoms with E-state index in [9.17, 15) is 0 Å². The van der Waals surface area contributed by atoms with Crippen molar-refractivity contribution in [1.82, 2.24) is 9.97 Å². The summed E-state index contributed by atoms with van der Waals surface area (Å²) in [5.41, 5.74) is 0. The summed E-state index contributed by atoms with van der Waals surface area (Å²) < 4.78 is 6.19. The summed E-state index contributed by atoms with van der Waals surface area (Å²) in [5, 5.41) is 3.36. The molecule has 15 heavy (non-hydrogen) atoms. The summed E-state index contributed by atoms with van der Waals surface area (Å²) in [7, 11) is 1.71. The Balaban J connectivity index is 2.69. The minimum atomic E-state index is 0.276. The second kappa shape index (κ2) is 6.22. The van der Waals surface area contributed by atoms with Gasteiger partial charge in [-0.3, -0.25) is 0 Å². The minimum Gasteiger partial charge on any atom is -0.383 e. The van der Waals surface area contributed by atoms with Crippen molar-refractivity contribution in [3.63, 3.8) is 0 Å². The molecule has 1 heterocycles. The maximum atomic E-state index is 5.17. The van der Waals surface area contributed by atoms with Gasteiger partial charge in [-0.05, 0) is 28.5 Å². The Morgan fingerprint density at radius 2 is 2.27 bits per heavy atom. The van der Waals surface area contributed by atoms with Crippen molar-refractivity contribution < 1.29 is 4.74 Å². The monoisotopic (exact) mass is 321 g/mol. The van der Waals surface area contributed by atoms with Crippen molar-refractivity contribution in [3.05, 3.63) is 16.1 Å². The Kier molecular flexibility index (Phi) is 5.24. The predicted molar refractivity (Wildman–Crippen MR) is 68.9 cm³/mol. The second-order valence-corrected chi connectivity index (χ2v) is 4.83. The average Bonchev–Trinajstić information content (AvgIpc) is 2.20. The highest BCUT2D eigenvalue weighted by molar-refractivity contribution is 14.1. The lowest BCUT2D eigenvalue weighted by Crippen LogP contribution is -2.31. The van der Waals surface area contributed by atoms with Crippen LogP contribution in [0.2, 0.25) is 0 Å². The summed E-state index contributed by atoms with van der Waals surface area (Å²) in [6.45, 7) is 4.99. The number of aromatic nitrogens is 2. The molecule has 1 aromatic heterocycles. The molecule has 0 spiro atoms. The molecule has 0 radical (unpaired) electrons. The highest BCUT2D eigenvalue weighted by Gasteiger charge is 2.14. The van der Waals surface area contributed by atoms with Gasteiger partial charge in [0.2, 0.25) is 0 Å². The Labute approximate surface area is 104 Å². The van der Waals surface area contributed by atoms with Gasteiger partial charge in [-0.1, -0.05) is 13.8 Å². The largest absolute Gasteiger partial charge is 0.383 e. The third-order valence-electron chi connectivity index (χ3n) is 2.14. The van der Waals surface area contributed by atoms with Gasteiger partial charge in [-0.15, -0.1) is 0 Å². The molecule has 0 aliphatic carbocycles. The molecular weight excluding hydrogens is 305 g/mol. The van der Waals surface area contributed by atoms with Gasteiger partial charge < -0.3 is 10.1 Å². The minimum absolute atomic E-state index is 0.276. The molecule has 1 N–H and O–H groups in total. The van der Waals surface area contributed by atoms with E-state index in [0.717, 1.165) is 9.39 Å². The van der Waals surface area contributed by atoms with Crippen molar-refractivity contribution in [1.29, 1.82) is 0 Å². The molecule has 0 aliphatic heterocycles. The van der Waals surface area contributed by atoms with Gasteiger partial charge in [0.15, 0.2) is 0 Å². The number of ether oxygens (including phenoxy) is 1. The fraction of sp³-hybridized carbons (Fsp3) is 0.600. The molecule has 0 aromatic carbocycles. The number of hydrogen-bond donors (Lipinski definition) is 1. The summed E-state index contributed by atoms with van der Waals surface area (Å²) in [5.74, 6) is 1.37. The Hall–Kier alpha value is -0.430. The van der Waals surface area contributed by atoms with Gasteiger partial charge in [0, 0.05) is 13.3 Å². The maximum absolute atomic E-state index is 5.17. The van der Waals surface area contributed by atoms with Crippen LogP contribution in [0.5, 0.6) is 0 Å². The fourth-order valence-electron chi connectivity index (χ4n) is 1.17. The molecule has 0 amide bonds. The number of methoxy groups -OCH3 is 1. The highest BCUT2D eigenvalue weighted by atomic mass is 127. The standard InChI is InChI=1S/C10H16IN3O/c1-7(2)9(5-15-3)14-10-8(11)4-12-6-13-10/h4,6-7,9H,5H2,1-3H3,(H,12,13,14). The number of halogens is 1. The number of rotatable bonds is 5. The molecule has 0 saturated carbocycles. The highest BCUT2D eigenvalue weighted by Crippen LogP contribution is 2.16. The Bertz CT molecular complexity index is 306. The first-order valence-electron chi connectivity index (χ1n) is 4.86. The van der Waals surface area contributed by atoms with Gasteiger partial charge in [0.25, 0.3) is 0 Å². The van der Waals surface area contributed by atoms with E-state index in [4.69, 9.17) is 4.74 Å². The molecule has 4 nitrogen and oxygen atoms in total. The van der Waals surface area contributed by atoms with Gasteiger partial charge in [-0.2, -0.15) is 0 Å². The molecule has 84 valence electrons. The van der Waals surface area contributed by atoms with E-state index in [1.54, 1.807) is 19.6 Å². The van der Waals surface area contributed by atoms with E-state index in [1.165, 1.54) is 0 Å². The third kappa shape index (κ3) is 3.90. The zero-order chi connectivity index (χ0) is 11.3. The number of nitrogens with one attached hydrogen (secondary N) is 1. The number of nitrogens with zero attached hydrogens (tertiary/aromatic N) is 2. The zero-order valence-electron chi connectivity index (χ0n) is 9.20. The summed E-state index contributed by atoms with van der Waals surface area (Å²) in [6.07, 6.45) is 3.34. The second-order valence-electron chi connectivity index (χ2n) is 3.67. The zero-order valence-corrected chi connectivity index (χ0v) is 11.4. The van der Waals surface area contributed by atoms with Crippen LogP contribution in [0.25, 0.3) is 0 Å². The lowest BCUT2D eigenvalue weighted by atomic mass is 10.1. The van der Waals surface area contributed by atoms with Gasteiger partial charge in [-0.25, -0.2) is 9.97 Å². The maximum Gasteiger partial charge on any atom is 0.143 e. The van der Waals surface area contributed by atoms with Gasteiger partial charge in [0.1, 0.15) is 12.1 Å². The first-order valence-corrected chi connectivity index (χ1v) is 5.94. The average molecular weight is 321 g/mol. The number of hydrogen-bond acceptors (Lipinski definition) is 4. The molecule has 0 bridgehead atoms. The molecule has 0 saturated heterocycles. The van der Waals surface area contributed by atoms with E-state index in [0.29, 0.717) is 12.5 Å². The van der Waals surface area contributed by atoms with E-state index in [1.807, 2.05) is 0 Å². The SMILES string of the molecule is COCC(Nc1ncncc1I)C(C)C. The van der Waals surface area contributed by atoms with Crippen LogP contribution >= 0.6 is 22.6 Å². The van der Waals surface area contributed by atoms with Crippen LogP contribution in [-0.2, 0) is 4.74 Å². The van der Waals surface area contributed by atoms with Crippen molar-refractivity contribution in [2.24, 2.45) is 5.92 Å². The normalized spacial score (nSPS) is 12.9. The van der Waals surface area contributed by atoms with E-state index in [2.05, 4.69) is 51.7 Å². The fourth-order valence-corrected chi connectivity index (χ4v) is 1.63. The van der Waals surface area contributed by atoms with Crippen LogP contribution in [0.15, 0.2) is 12.5 Å². The van der Waals surface area contributed by atoms with Crippen LogP contribution in [0.1, 0.15) is 13.8 Å². The predicted octanol–water partition coefficient (Wildman–Crippen LogP) is 2.16. The first kappa shape index (κ1) is 12.6. The van der Waals surface area contributed by atoms with Crippen LogP contribution in [-0.4, -0.2) is 29.7 Å². The Morgan fingerprint density at radius 1 is 1.53 bits per heavy atom. The lowest BCUT2D eigenvalue weighted by molar-refractivity contribution is 0.171. The van der Waals surface area contributed by atoms with Crippen LogP contribution in [0.4, 0.5) is 5.82 Å². The summed E-state index contributed by atoms with van der Waals surface area (Å²) >= 11 is 2.22. The summed E-state index contributed by atoms with van der Waals surface area (Å²) in [4.78, 5) is 8.15. The Morgan fingerprint density at radius 3 is 2.80 bits per heavy atom. The molecule has 1 aromatic rings. The van der Waals surface area contributed by atoms with Crippen LogP contribution in [0, 0.1) is 9.49 Å². The molecule has 5 heteroatoms. The smallest absolute Gasteiger partial charge is 0.143 e. The topological polar surface area (TPSA) is 47.0 Å². The first-order chi connectivity index (χ1) is 7.15. The van der Waals surface area contributed by atoms with Gasteiger partial charge >= 0.3 is 0 Å². The molecule has 0 fully saturated rings. The molecule has 0 aliphatic rings. The van der Waals surface area contributed by atoms with Crippen LogP contribution < -0.4 is 5.32 Å². The molecular formula is C10H16IN3O. The lowest BCUT2D eigenvalue weighted by Gasteiger charge is -2.22. The van der Waals surface area contributed by atoms with Crippen molar-refractivity contribution >= 4 is 28.4 Å². The van der Waals surface area contributed by atoms with E-state index < -0.39 is 0 Å².